The van der Waals surface area contributed by atoms with E-state index < -0.39 is 17.7 Å². The van der Waals surface area contributed by atoms with Gasteiger partial charge in [0.15, 0.2) is 11.5 Å². The molecular weight excluding hydrogens is 418 g/mol. The Hall–Kier alpha value is -3.80. The molecule has 1 heterocycles. The van der Waals surface area contributed by atoms with Gasteiger partial charge in [0.2, 0.25) is 0 Å². The van der Waals surface area contributed by atoms with Gasteiger partial charge in [-0.2, -0.15) is 0 Å². The highest BCUT2D eigenvalue weighted by molar-refractivity contribution is 6.46. The van der Waals surface area contributed by atoms with E-state index in [1.807, 2.05) is 43.3 Å². The molecule has 170 valence electrons. The minimum Gasteiger partial charge on any atom is -0.507 e. The number of carbonyl (C=O) groups is 2. The summed E-state index contributed by atoms with van der Waals surface area (Å²) in [5, 5.41) is 13.2. The Balaban J connectivity index is 1.94. The molecule has 1 N–H and O–H groups in total. The molecule has 4 rings (SSSR count). The van der Waals surface area contributed by atoms with Crippen LogP contribution in [0.25, 0.3) is 16.5 Å². The van der Waals surface area contributed by atoms with Gasteiger partial charge in [0.1, 0.15) is 5.76 Å². The van der Waals surface area contributed by atoms with E-state index in [1.165, 1.54) is 7.11 Å². The summed E-state index contributed by atoms with van der Waals surface area (Å²) in [6, 6.07) is 17.7. The molecule has 0 bridgehead atoms. The lowest BCUT2D eigenvalue weighted by Gasteiger charge is -2.26. The van der Waals surface area contributed by atoms with Gasteiger partial charge in [-0.05, 0) is 34.9 Å². The first kappa shape index (κ1) is 22.4. The van der Waals surface area contributed by atoms with Crippen molar-refractivity contribution in [2.75, 3.05) is 20.8 Å². The maximum absolute atomic E-state index is 13.2. The van der Waals surface area contributed by atoms with Crippen LogP contribution in [0.3, 0.4) is 0 Å². The minimum absolute atomic E-state index is 0.0830. The zero-order valence-corrected chi connectivity index (χ0v) is 19.0. The Morgan fingerprint density at radius 1 is 0.970 bits per heavy atom. The fourth-order valence-corrected chi connectivity index (χ4v) is 4.39. The molecule has 0 saturated carbocycles. The Morgan fingerprint density at radius 2 is 1.70 bits per heavy atom. The molecule has 1 amide bonds. The van der Waals surface area contributed by atoms with E-state index in [9.17, 15) is 14.7 Å². The second-order valence-electron chi connectivity index (χ2n) is 7.99. The number of unbranched alkanes of at least 4 members (excludes halogenated alkanes) is 1. The lowest BCUT2D eigenvalue weighted by atomic mass is 9.93. The van der Waals surface area contributed by atoms with Gasteiger partial charge in [-0.3, -0.25) is 9.59 Å². The van der Waals surface area contributed by atoms with E-state index in [0.717, 1.165) is 23.6 Å². The third kappa shape index (κ3) is 3.93. The zero-order valence-electron chi connectivity index (χ0n) is 19.0. The van der Waals surface area contributed by atoms with Crippen LogP contribution in [0.1, 0.15) is 36.9 Å². The summed E-state index contributed by atoms with van der Waals surface area (Å²) < 4.78 is 10.8. The van der Waals surface area contributed by atoms with Crippen LogP contribution in [0, 0.1) is 0 Å². The molecule has 0 radical (unpaired) electrons. The highest BCUT2D eigenvalue weighted by Gasteiger charge is 2.46. The van der Waals surface area contributed by atoms with Gasteiger partial charge in [0.25, 0.3) is 11.7 Å². The van der Waals surface area contributed by atoms with Crippen LogP contribution < -0.4 is 9.47 Å². The van der Waals surface area contributed by atoms with Gasteiger partial charge in [0, 0.05) is 12.1 Å². The number of rotatable bonds is 7. The third-order valence-corrected chi connectivity index (χ3v) is 6.06. The van der Waals surface area contributed by atoms with Crippen LogP contribution in [0.2, 0.25) is 0 Å². The van der Waals surface area contributed by atoms with Crippen molar-refractivity contribution in [3.63, 3.8) is 0 Å². The number of methoxy groups -OCH3 is 2. The number of likely N-dealkylation sites (tertiary alicyclic amines) is 1. The molecule has 1 fully saturated rings. The van der Waals surface area contributed by atoms with E-state index in [0.29, 0.717) is 29.2 Å². The second-order valence-corrected chi connectivity index (χ2v) is 7.99. The third-order valence-electron chi connectivity index (χ3n) is 6.06. The molecule has 1 unspecified atom stereocenters. The fourth-order valence-electron chi connectivity index (χ4n) is 4.39. The number of hydrogen-bond donors (Lipinski definition) is 1. The lowest BCUT2D eigenvalue weighted by molar-refractivity contribution is -0.139. The van der Waals surface area contributed by atoms with Crippen molar-refractivity contribution in [1.82, 2.24) is 4.90 Å². The first-order valence-corrected chi connectivity index (χ1v) is 11.0. The summed E-state index contributed by atoms with van der Waals surface area (Å²) in [6.07, 6.45) is 1.61. The molecule has 1 aliphatic rings. The Labute approximate surface area is 193 Å². The highest BCUT2D eigenvalue weighted by atomic mass is 16.5. The van der Waals surface area contributed by atoms with E-state index in [4.69, 9.17) is 9.47 Å². The molecule has 3 aromatic carbocycles. The maximum Gasteiger partial charge on any atom is 0.295 e. The standard InChI is InChI=1S/C27H27NO5/c1-4-5-15-28-24(18-13-14-21(32-2)22(16-18)33-3)23(26(30)27(28)31)25(29)20-12-8-10-17-9-6-7-11-19(17)20/h6-14,16,24,29H,4-5,15H2,1-3H3/b25-23+. The molecule has 6 nitrogen and oxygen atoms in total. The topological polar surface area (TPSA) is 76.1 Å². The molecule has 0 spiro atoms. The van der Waals surface area contributed by atoms with Gasteiger partial charge in [0.05, 0.1) is 25.8 Å². The lowest BCUT2D eigenvalue weighted by Crippen LogP contribution is -2.30. The summed E-state index contributed by atoms with van der Waals surface area (Å²) in [5.41, 5.74) is 1.27. The molecule has 6 heteroatoms. The van der Waals surface area contributed by atoms with Crippen molar-refractivity contribution in [1.29, 1.82) is 0 Å². The number of Topliss-reactive ketones (excluding diaryl/α,β-unsaturated/α-hetero) is 1. The molecule has 1 atom stereocenters. The predicted octanol–water partition coefficient (Wildman–Crippen LogP) is 5.08. The molecule has 0 aliphatic carbocycles. The molecule has 1 aliphatic heterocycles. The van der Waals surface area contributed by atoms with Crippen LogP contribution in [0.5, 0.6) is 11.5 Å². The number of amides is 1. The monoisotopic (exact) mass is 445 g/mol. The molecule has 3 aromatic rings. The van der Waals surface area contributed by atoms with Crippen LogP contribution in [-0.4, -0.2) is 42.5 Å². The summed E-state index contributed by atoms with van der Waals surface area (Å²) in [4.78, 5) is 27.8. The van der Waals surface area contributed by atoms with Crippen molar-refractivity contribution >= 4 is 28.2 Å². The fraction of sp³-hybridized carbons (Fsp3) is 0.259. The molecular formula is C27H27NO5. The van der Waals surface area contributed by atoms with Gasteiger partial charge in [-0.1, -0.05) is 61.9 Å². The quantitative estimate of drug-likeness (QED) is 0.312. The summed E-state index contributed by atoms with van der Waals surface area (Å²) in [7, 11) is 3.08. The number of hydrogen-bond acceptors (Lipinski definition) is 5. The van der Waals surface area contributed by atoms with Crippen molar-refractivity contribution in [3.05, 3.63) is 77.4 Å². The van der Waals surface area contributed by atoms with Gasteiger partial charge < -0.3 is 19.5 Å². The molecule has 33 heavy (non-hydrogen) atoms. The number of aliphatic hydroxyl groups is 1. The predicted molar refractivity (Wildman–Crippen MR) is 127 cm³/mol. The van der Waals surface area contributed by atoms with Crippen LogP contribution >= 0.6 is 0 Å². The van der Waals surface area contributed by atoms with Crippen molar-refractivity contribution in [2.45, 2.75) is 25.8 Å². The number of aliphatic hydroxyl groups excluding tert-OH is 1. The number of fused-ring (bicyclic) bond motifs is 1. The maximum atomic E-state index is 13.2. The van der Waals surface area contributed by atoms with Crippen molar-refractivity contribution in [2.24, 2.45) is 0 Å². The average molecular weight is 446 g/mol. The smallest absolute Gasteiger partial charge is 0.295 e. The van der Waals surface area contributed by atoms with Crippen molar-refractivity contribution in [3.8, 4) is 11.5 Å². The van der Waals surface area contributed by atoms with Gasteiger partial charge in [-0.15, -0.1) is 0 Å². The van der Waals surface area contributed by atoms with E-state index >= 15 is 0 Å². The highest BCUT2D eigenvalue weighted by Crippen LogP contribution is 2.42. The van der Waals surface area contributed by atoms with Crippen molar-refractivity contribution < 1.29 is 24.2 Å². The second kappa shape index (κ2) is 9.36. The normalized spacial score (nSPS) is 17.5. The Bertz CT molecular complexity index is 1240. The van der Waals surface area contributed by atoms with Crippen LogP contribution in [0.15, 0.2) is 66.2 Å². The Morgan fingerprint density at radius 3 is 2.42 bits per heavy atom. The molecule has 1 saturated heterocycles. The number of carbonyl (C=O) groups excluding carboxylic acids is 2. The zero-order chi connectivity index (χ0) is 23.5. The first-order chi connectivity index (χ1) is 16.0. The van der Waals surface area contributed by atoms with E-state index in [2.05, 4.69) is 0 Å². The number of ketones is 1. The summed E-state index contributed by atoms with van der Waals surface area (Å²) in [5.74, 6) is -0.438. The average Bonchev–Trinajstić information content (AvgIpc) is 3.11. The molecule has 0 aromatic heterocycles. The van der Waals surface area contributed by atoms with Crippen LogP contribution in [0.4, 0.5) is 0 Å². The number of ether oxygens (including phenoxy) is 2. The summed E-state index contributed by atoms with van der Waals surface area (Å²) >= 11 is 0. The van der Waals surface area contributed by atoms with E-state index in [1.54, 1.807) is 36.3 Å². The number of nitrogens with zero attached hydrogens (tertiary/aromatic N) is 1. The number of benzene rings is 3. The van der Waals surface area contributed by atoms with Crippen LogP contribution in [-0.2, 0) is 9.59 Å². The Kier molecular flexibility index (Phi) is 6.36. The summed E-state index contributed by atoms with van der Waals surface area (Å²) in [6.45, 7) is 2.44. The van der Waals surface area contributed by atoms with E-state index in [-0.39, 0.29) is 11.3 Å². The minimum atomic E-state index is -0.727. The SMILES string of the molecule is CCCCN1C(=O)C(=O)/C(=C(/O)c2cccc3ccccc23)C1c1ccc(OC)c(OC)c1. The largest absolute Gasteiger partial charge is 0.507 e. The van der Waals surface area contributed by atoms with Gasteiger partial charge in [-0.25, -0.2) is 0 Å². The van der Waals surface area contributed by atoms with Gasteiger partial charge >= 0.3 is 0 Å². The first-order valence-electron chi connectivity index (χ1n) is 11.0.